The second-order valence-corrected chi connectivity index (χ2v) is 6.29. The van der Waals surface area contributed by atoms with Crippen molar-refractivity contribution in [1.29, 1.82) is 0 Å². The first kappa shape index (κ1) is 20.2. The quantitative estimate of drug-likeness (QED) is 0.201. The lowest BCUT2D eigenvalue weighted by molar-refractivity contribution is 0.313. The fourth-order valence-corrected chi connectivity index (χ4v) is 2.87. The first-order valence-electron chi connectivity index (χ1n) is 9.32. The molecule has 1 aromatic carbocycles. The van der Waals surface area contributed by atoms with Gasteiger partial charge >= 0.3 is 0 Å². The van der Waals surface area contributed by atoms with E-state index in [9.17, 15) is 10.4 Å². The van der Waals surface area contributed by atoms with Crippen molar-refractivity contribution < 1.29 is 10.4 Å². The molecule has 0 fully saturated rings. The fourth-order valence-electron chi connectivity index (χ4n) is 2.87. The van der Waals surface area contributed by atoms with Crippen LogP contribution in [0.25, 0.3) is 0 Å². The van der Waals surface area contributed by atoms with E-state index in [1.54, 1.807) is 0 Å². The van der Waals surface area contributed by atoms with Gasteiger partial charge in [0.1, 0.15) is 11.4 Å². The topological polar surface area (TPSA) is 65.2 Å². The summed E-state index contributed by atoms with van der Waals surface area (Å²) in [4.78, 5) is 0. The molecule has 0 aliphatic carbocycles. The first-order chi connectivity index (χ1) is 11.8. The van der Waals surface area contributed by atoms with E-state index in [2.05, 4.69) is 17.2 Å². The van der Waals surface area contributed by atoms with E-state index in [0.29, 0.717) is 17.8 Å². The maximum atomic E-state index is 9.24. The Bertz CT molecular complexity index is 484. The summed E-state index contributed by atoms with van der Waals surface area (Å²) in [6, 6.07) is 9.33. The number of hydrogen-bond acceptors (Lipinski definition) is 4. The summed E-state index contributed by atoms with van der Waals surface area (Å²) in [5.74, 6) is 0. The molecule has 2 N–H and O–H groups in total. The molecule has 1 aromatic rings. The van der Waals surface area contributed by atoms with Crippen LogP contribution in [0.3, 0.4) is 0 Å². The van der Waals surface area contributed by atoms with Crippen LogP contribution in [0.1, 0.15) is 83.1 Å². The smallest absolute Gasteiger partial charge is 0.134 e. The van der Waals surface area contributed by atoms with E-state index < -0.39 is 0 Å². The van der Waals surface area contributed by atoms with Crippen molar-refractivity contribution in [3.8, 4) is 0 Å². The summed E-state index contributed by atoms with van der Waals surface area (Å²) < 4.78 is 0. The fraction of sp³-hybridized carbons (Fsp3) is 0.600. The largest absolute Gasteiger partial charge is 0.411 e. The molecule has 0 saturated carbocycles. The van der Waals surface area contributed by atoms with Gasteiger partial charge in [0, 0.05) is 5.56 Å². The SMILES string of the molecule is CCCCCCCCCCCCC(=N\O)/C(=N/O)c1ccccc1. The Labute approximate surface area is 146 Å². The predicted molar refractivity (Wildman–Crippen MR) is 100 cm³/mol. The molecule has 24 heavy (non-hydrogen) atoms. The van der Waals surface area contributed by atoms with Crippen LogP contribution in [0, 0.1) is 0 Å². The molecule has 0 atom stereocenters. The maximum absolute atomic E-state index is 9.24. The summed E-state index contributed by atoms with van der Waals surface area (Å²) in [7, 11) is 0. The molecule has 0 unspecified atom stereocenters. The molecule has 0 radical (unpaired) electrons. The average Bonchev–Trinajstić information content (AvgIpc) is 2.63. The standard InChI is InChI=1S/C20H32N2O2/c1-2-3-4-5-6-7-8-9-10-14-17-19(21-23)20(22-24)18-15-12-11-13-16-18/h11-13,15-16,23-24H,2-10,14,17H2,1H3/b21-19+,22-20+. The van der Waals surface area contributed by atoms with Gasteiger partial charge in [0.2, 0.25) is 0 Å². The lowest BCUT2D eigenvalue weighted by Crippen LogP contribution is -2.16. The molecule has 0 aliphatic heterocycles. The highest BCUT2D eigenvalue weighted by Gasteiger charge is 2.12. The Morgan fingerprint density at radius 3 is 1.79 bits per heavy atom. The zero-order valence-corrected chi connectivity index (χ0v) is 15.0. The van der Waals surface area contributed by atoms with Gasteiger partial charge in [-0.3, -0.25) is 0 Å². The molecule has 0 spiro atoms. The number of rotatable bonds is 13. The number of oxime groups is 2. The van der Waals surface area contributed by atoms with Gasteiger partial charge in [-0.05, 0) is 12.8 Å². The zero-order chi connectivity index (χ0) is 17.5. The maximum Gasteiger partial charge on any atom is 0.134 e. The van der Waals surface area contributed by atoms with E-state index in [1.807, 2.05) is 30.3 Å². The minimum atomic E-state index is 0.356. The van der Waals surface area contributed by atoms with Gasteiger partial charge in [-0.2, -0.15) is 0 Å². The molecule has 134 valence electrons. The van der Waals surface area contributed by atoms with Crippen molar-refractivity contribution >= 4 is 11.4 Å². The Balaban J connectivity index is 2.21. The van der Waals surface area contributed by atoms with Crippen LogP contribution in [0.4, 0.5) is 0 Å². The summed E-state index contributed by atoms with van der Waals surface area (Å²) >= 11 is 0. The molecular weight excluding hydrogens is 300 g/mol. The second-order valence-electron chi connectivity index (χ2n) is 6.29. The monoisotopic (exact) mass is 332 g/mol. The predicted octanol–water partition coefficient (Wildman–Crippen LogP) is 6.01. The van der Waals surface area contributed by atoms with Gasteiger partial charge in [-0.15, -0.1) is 0 Å². The Hall–Kier alpha value is -1.84. The minimum absolute atomic E-state index is 0.356. The molecule has 4 heteroatoms. The Kier molecular flexibility index (Phi) is 11.4. The number of unbranched alkanes of at least 4 members (excludes halogenated alkanes) is 9. The van der Waals surface area contributed by atoms with Crippen molar-refractivity contribution in [3.05, 3.63) is 35.9 Å². The number of benzene rings is 1. The molecule has 0 aliphatic rings. The van der Waals surface area contributed by atoms with Gasteiger partial charge < -0.3 is 10.4 Å². The normalized spacial score (nSPS) is 12.5. The van der Waals surface area contributed by atoms with Gasteiger partial charge in [0.05, 0.1) is 0 Å². The van der Waals surface area contributed by atoms with E-state index >= 15 is 0 Å². The van der Waals surface area contributed by atoms with Gasteiger partial charge in [-0.25, -0.2) is 0 Å². The molecule has 0 aromatic heterocycles. The molecular formula is C20H32N2O2. The number of nitrogens with zero attached hydrogens (tertiary/aromatic N) is 2. The lowest BCUT2D eigenvalue weighted by Gasteiger charge is -2.07. The highest BCUT2D eigenvalue weighted by atomic mass is 16.4. The van der Waals surface area contributed by atoms with Crippen LogP contribution in [-0.2, 0) is 0 Å². The van der Waals surface area contributed by atoms with E-state index in [1.165, 1.54) is 51.4 Å². The van der Waals surface area contributed by atoms with Crippen LogP contribution < -0.4 is 0 Å². The van der Waals surface area contributed by atoms with Crippen molar-refractivity contribution in [2.45, 2.75) is 77.6 Å². The van der Waals surface area contributed by atoms with Crippen LogP contribution in [0.2, 0.25) is 0 Å². The van der Waals surface area contributed by atoms with E-state index in [0.717, 1.165) is 18.4 Å². The molecule has 1 rings (SSSR count). The van der Waals surface area contributed by atoms with Crippen molar-refractivity contribution in [1.82, 2.24) is 0 Å². The third-order valence-corrected chi connectivity index (χ3v) is 4.31. The number of hydrogen-bond donors (Lipinski definition) is 2. The van der Waals surface area contributed by atoms with Crippen LogP contribution in [0.5, 0.6) is 0 Å². The lowest BCUT2D eigenvalue weighted by atomic mass is 10.00. The third-order valence-electron chi connectivity index (χ3n) is 4.31. The molecule has 4 nitrogen and oxygen atoms in total. The average molecular weight is 332 g/mol. The molecule has 0 saturated heterocycles. The minimum Gasteiger partial charge on any atom is -0.411 e. The Morgan fingerprint density at radius 2 is 1.29 bits per heavy atom. The summed E-state index contributed by atoms with van der Waals surface area (Å²) in [6.45, 7) is 2.24. The third kappa shape index (κ3) is 8.14. The van der Waals surface area contributed by atoms with Crippen LogP contribution in [-0.4, -0.2) is 21.8 Å². The summed E-state index contributed by atoms with van der Waals surface area (Å²) in [5.41, 5.74) is 1.57. The second kappa shape index (κ2) is 13.6. The van der Waals surface area contributed by atoms with Crippen molar-refractivity contribution in [2.24, 2.45) is 10.3 Å². The molecule has 0 heterocycles. The van der Waals surface area contributed by atoms with E-state index in [-0.39, 0.29) is 0 Å². The van der Waals surface area contributed by atoms with Crippen LogP contribution in [0.15, 0.2) is 40.6 Å². The Morgan fingerprint density at radius 1 is 0.750 bits per heavy atom. The highest BCUT2D eigenvalue weighted by Crippen LogP contribution is 2.13. The molecule has 0 bridgehead atoms. The van der Waals surface area contributed by atoms with Gasteiger partial charge in [0.25, 0.3) is 0 Å². The molecule has 0 amide bonds. The van der Waals surface area contributed by atoms with Crippen molar-refractivity contribution in [3.63, 3.8) is 0 Å². The van der Waals surface area contributed by atoms with Crippen molar-refractivity contribution in [2.75, 3.05) is 0 Å². The summed E-state index contributed by atoms with van der Waals surface area (Å²) in [5, 5.41) is 25.1. The van der Waals surface area contributed by atoms with Gasteiger partial charge in [-0.1, -0.05) is 105 Å². The van der Waals surface area contributed by atoms with Crippen LogP contribution >= 0.6 is 0 Å². The summed E-state index contributed by atoms with van der Waals surface area (Å²) in [6.07, 6.45) is 13.2. The first-order valence-corrected chi connectivity index (χ1v) is 9.32. The van der Waals surface area contributed by atoms with E-state index in [4.69, 9.17) is 0 Å². The highest BCUT2D eigenvalue weighted by molar-refractivity contribution is 6.48. The zero-order valence-electron chi connectivity index (χ0n) is 15.0. The van der Waals surface area contributed by atoms with Gasteiger partial charge in [0.15, 0.2) is 0 Å².